The second-order valence-corrected chi connectivity index (χ2v) is 6.00. The van der Waals surface area contributed by atoms with Gasteiger partial charge in [-0.3, -0.25) is 0 Å². The Kier molecular flexibility index (Phi) is 3.34. The van der Waals surface area contributed by atoms with Crippen molar-refractivity contribution in [2.24, 2.45) is 5.92 Å². The molecular weight excluding hydrogens is 242 g/mol. The van der Waals surface area contributed by atoms with Gasteiger partial charge in [-0.05, 0) is 36.3 Å². The maximum absolute atomic E-state index is 6.23. The molecule has 0 saturated heterocycles. The summed E-state index contributed by atoms with van der Waals surface area (Å²) in [4.78, 5) is 3.34. The summed E-state index contributed by atoms with van der Waals surface area (Å²) in [7, 11) is 0. The molecule has 1 N–H and O–H groups in total. The number of benzene rings is 1. The number of rotatable bonds is 2. The van der Waals surface area contributed by atoms with Gasteiger partial charge in [0.15, 0.2) is 0 Å². The van der Waals surface area contributed by atoms with Gasteiger partial charge in [0.05, 0.1) is 10.5 Å². The van der Waals surface area contributed by atoms with Gasteiger partial charge in [-0.15, -0.1) is 0 Å². The van der Waals surface area contributed by atoms with Crippen LogP contribution in [0.1, 0.15) is 50.5 Å². The van der Waals surface area contributed by atoms with Gasteiger partial charge in [0.1, 0.15) is 0 Å². The highest BCUT2D eigenvalue weighted by molar-refractivity contribution is 6.35. The highest BCUT2D eigenvalue weighted by Crippen LogP contribution is 2.39. The standard InChI is InChI=1S/C16H20ClN/c1-11(12-6-3-2-4-7-12)14-10-18-16-13(14)8-5-9-15(16)17/h5,8-12,18H,2-4,6-7H2,1H3. The van der Waals surface area contributed by atoms with Crippen molar-refractivity contribution in [1.82, 2.24) is 4.98 Å². The number of aromatic amines is 1. The lowest BCUT2D eigenvalue weighted by Crippen LogP contribution is -2.13. The predicted octanol–water partition coefficient (Wildman–Crippen LogP) is 5.51. The summed E-state index contributed by atoms with van der Waals surface area (Å²) in [5.41, 5.74) is 2.54. The zero-order valence-corrected chi connectivity index (χ0v) is 11.6. The van der Waals surface area contributed by atoms with E-state index >= 15 is 0 Å². The van der Waals surface area contributed by atoms with Crippen molar-refractivity contribution in [2.75, 3.05) is 0 Å². The quantitative estimate of drug-likeness (QED) is 0.734. The van der Waals surface area contributed by atoms with E-state index in [0.29, 0.717) is 5.92 Å². The Hall–Kier alpha value is -0.950. The topological polar surface area (TPSA) is 15.8 Å². The first-order chi connectivity index (χ1) is 8.77. The molecule has 2 aromatic rings. The third-order valence-electron chi connectivity index (χ3n) is 4.54. The van der Waals surface area contributed by atoms with Crippen LogP contribution in [0.2, 0.25) is 5.02 Å². The highest BCUT2D eigenvalue weighted by Gasteiger charge is 2.23. The van der Waals surface area contributed by atoms with Gasteiger partial charge in [-0.25, -0.2) is 0 Å². The molecule has 96 valence electrons. The fourth-order valence-electron chi connectivity index (χ4n) is 3.40. The van der Waals surface area contributed by atoms with E-state index in [1.165, 1.54) is 43.1 Å². The van der Waals surface area contributed by atoms with Crippen molar-refractivity contribution in [3.05, 3.63) is 35.0 Å². The van der Waals surface area contributed by atoms with Gasteiger partial charge in [-0.2, -0.15) is 0 Å². The van der Waals surface area contributed by atoms with Gasteiger partial charge >= 0.3 is 0 Å². The number of hydrogen-bond donors (Lipinski definition) is 1. The Bertz CT molecular complexity index is 537. The number of aromatic nitrogens is 1. The van der Waals surface area contributed by atoms with Crippen molar-refractivity contribution in [3.8, 4) is 0 Å². The molecule has 1 unspecified atom stereocenters. The Balaban J connectivity index is 1.96. The van der Waals surface area contributed by atoms with Gasteiger partial charge in [0.25, 0.3) is 0 Å². The number of hydrogen-bond acceptors (Lipinski definition) is 0. The average Bonchev–Trinajstić information content (AvgIpc) is 2.84. The Labute approximate surface area is 114 Å². The molecule has 0 aliphatic heterocycles. The highest BCUT2D eigenvalue weighted by atomic mass is 35.5. The molecule has 0 radical (unpaired) electrons. The van der Waals surface area contributed by atoms with Crippen LogP contribution in [0.5, 0.6) is 0 Å². The smallest absolute Gasteiger partial charge is 0.0647 e. The summed E-state index contributed by atoms with van der Waals surface area (Å²) < 4.78 is 0. The zero-order valence-electron chi connectivity index (χ0n) is 10.9. The van der Waals surface area contributed by atoms with Crippen molar-refractivity contribution >= 4 is 22.5 Å². The van der Waals surface area contributed by atoms with E-state index < -0.39 is 0 Å². The molecule has 1 aromatic carbocycles. The molecule has 1 heterocycles. The summed E-state index contributed by atoms with van der Waals surface area (Å²) in [5.74, 6) is 1.48. The number of H-pyrrole nitrogens is 1. The second-order valence-electron chi connectivity index (χ2n) is 5.59. The van der Waals surface area contributed by atoms with E-state index in [2.05, 4.69) is 30.2 Å². The third-order valence-corrected chi connectivity index (χ3v) is 4.86. The van der Waals surface area contributed by atoms with E-state index in [0.717, 1.165) is 16.5 Å². The van der Waals surface area contributed by atoms with Crippen molar-refractivity contribution in [3.63, 3.8) is 0 Å². The van der Waals surface area contributed by atoms with E-state index in [4.69, 9.17) is 11.6 Å². The normalized spacial score (nSPS) is 19.2. The van der Waals surface area contributed by atoms with Crippen LogP contribution in [0.25, 0.3) is 10.9 Å². The molecule has 1 aliphatic carbocycles. The summed E-state index contributed by atoms with van der Waals surface area (Å²) in [6.07, 6.45) is 9.15. The van der Waals surface area contributed by atoms with Crippen LogP contribution >= 0.6 is 11.6 Å². The summed E-state index contributed by atoms with van der Waals surface area (Å²) in [6.45, 7) is 2.37. The molecular formula is C16H20ClN. The van der Waals surface area contributed by atoms with Crippen LogP contribution < -0.4 is 0 Å². The third kappa shape index (κ3) is 2.05. The largest absolute Gasteiger partial charge is 0.360 e. The van der Waals surface area contributed by atoms with Crippen molar-refractivity contribution in [1.29, 1.82) is 0 Å². The fraction of sp³-hybridized carbons (Fsp3) is 0.500. The SMILES string of the molecule is CC(c1c[nH]c2c(Cl)cccc12)C1CCCCC1. The van der Waals surface area contributed by atoms with Gasteiger partial charge in [-0.1, -0.05) is 49.9 Å². The van der Waals surface area contributed by atoms with Gasteiger partial charge in [0, 0.05) is 11.6 Å². The second kappa shape index (κ2) is 4.97. The first kappa shape index (κ1) is 12.1. The van der Waals surface area contributed by atoms with Crippen molar-refractivity contribution in [2.45, 2.75) is 44.9 Å². The van der Waals surface area contributed by atoms with E-state index in [1.54, 1.807) is 0 Å². The molecule has 0 amide bonds. The summed E-state index contributed by atoms with van der Waals surface area (Å²) in [6, 6.07) is 6.19. The van der Waals surface area contributed by atoms with Crippen LogP contribution in [0.3, 0.4) is 0 Å². The van der Waals surface area contributed by atoms with Crippen LogP contribution in [0.15, 0.2) is 24.4 Å². The molecule has 0 spiro atoms. The molecule has 1 fully saturated rings. The molecule has 1 atom stereocenters. The maximum Gasteiger partial charge on any atom is 0.0647 e. The number of nitrogens with one attached hydrogen (secondary N) is 1. The minimum atomic E-state index is 0.637. The first-order valence-electron chi connectivity index (χ1n) is 7.03. The Morgan fingerprint density at radius 3 is 2.78 bits per heavy atom. The molecule has 1 saturated carbocycles. The van der Waals surface area contributed by atoms with E-state index in [9.17, 15) is 0 Å². The lowest BCUT2D eigenvalue weighted by molar-refractivity contribution is 0.317. The van der Waals surface area contributed by atoms with Crippen LogP contribution in [-0.4, -0.2) is 4.98 Å². The maximum atomic E-state index is 6.23. The Morgan fingerprint density at radius 2 is 2.00 bits per heavy atom. The van der Waals surface area contributed by atoms with Crippen molar-refractivity contribution < 1.29 is 0 Å². The monoisotopic (exact) mass is 261 g/mol. The van der Waals surface area contributed by atoms with Crippen LogP contribution in [-0.2, 0) is 0 Å². The number of para-hydroxylation sites is 1. The molecule has 1 nitrogen and oxygen atoms in total. The summed E-state index contributed by atoms with van der Waals surface area (Å²) in [5, 5.41) is 2.13. The molecule has 1 aliphatic rings. The Morgan fingerprint density at radius 1 is 1.22 bits per heavy atom. The van der Waals surface area contributed by atoms with Gasteiger partial charge < -0.3 is 4.98 Å². The number of halogens is 1. The first-order valence-corrected chi connectivity index (χ1v) is 7.40. The average molecular weight is 262 g/mol. The zero-order chi connectivity index (χ0) is 12.5. The minimum Gasteiger partial charge on any atom is -0.360 e. The predicted molar refractivity (Wildman–Crippen MR) is 78.3 cm³/mol. The van der Waals surface area contributed by atoms with Gasteiger partial charge in [0.2, 0.25) is 0 Å². The van der Waals surface area contributed by atoms with Crippen LogP contribution in [0, 0.1) is 5.92 Å². The van der Waals surface area contributed by atoms with E-state index in [1.807, 2.05) is 6.07 Å². The van der Waals surface area contributed by atoms with Crippen LogP contribution in [0.4, 0.5) is 0 Å². The summed E-state index contributed by atoms with van der Waals surface area (Å²) >= 11 is 6.23. The fourth-order valence-corrected chi connectivity index (χ4v) is 3.63. The lowest BCUT2D eigenvalue weighted by atomic mass is 9.78. The molecule has 3 rings (SSSR count). The number of fused-ring (bicyclic) bond motifs is 1. The minimum absolute atomic E-state index is 0.637. The lowest BCUT2D eigenvalue weighted by Gasteiger charge is -2.27. The molecule has 0 bridgehead atoms. The molecule has 2 heteroatoms. The molecule has 18 heavy (non-hydrogen) atoms. The van der Waals surface area contributed by atoms with E-state index in [-0.39, 0.29) is 0 Å². The molecule has 1 aromatic heterocycles.